The van der Waals surface area contributed by atoms with Crippen molar-refractivity contribution in [3.05, 3.63) is 35.4 Å². The highest BCUT2D eigenvalue weighted by atomic mass is 16.1. The Morgan fingerprint density at radius 1 is 1.18 bits per heavy atom. The molecular formula is C14H20N2O. The Morgan fingerprint density at radius 3 is 2.53 bits per heavy atom. The zero-order valence-electron chi connectivity index (χ0n) is 10.4. The number of hydrogen-bond donors (Lipinski definition) is 0. The molecule has 1 aromatic rings. The Labute approximate surface area is 103 Å². The van der Waals surface area contributed by atoms with E-state index in [2.05, 4.69) is 22.8 Å². The fourth-order valence-electron chi connectivity index (χ4n) is 2.29. The molecule has 0 spiro atoms. The van der Waals surface area contributed by atoms with Crippen molar-refractivity contribution in [1.82, 2.24) is 9.80 Å². The van der Waals surface area contributed by atoms with E-state index in [4.69, 9.17) is 0 Å². The van der Waals surface area contributed by atoms with E-state index in [1.807, 2.05) is 18.2 Å². The van der Waals surface area contributed by atoms with Gasteiger partial charge in [-0.05, 0) is 18.2 Å². The van der Waals surface area contributed by atoms with Crippen molar-refractivity contribution >= 4 is 6.29 Å². The van der Waals surface area contributed by atoms with Gasteiger partial charge in [0.1, 0.15) is 6.29 Å². The second-order valence-corrected chi connectivity index (χ2v) is 4.57. The number of aldehydes is 1. The minimum atomic E-state index is 0.773. The molecule has 0 bridgehead atoms. The molecule has 0 radical (unpaired) electrons. The van der Waals surface area contributed by atoms with Crippen LogP contribution in [0.4, 0.5) is 0 Å². The van der Waals surface area contributed by atoms with E-state index in [0.29, 0.717) is 0 Å². The van der Waals surface area contributed by atoms with Gasteiger partial charge in [0, 0.05) is 38.3 Å². The summed E-state index contributed by atoms with van der Waals surface area (Å²) in [5.74, 6) is 0. The van der Waals surface area contributed by atoms with Crippen molar-refractivity contribution < 1.29 is 4.79 Å². The molecule has 2 rings (SSSR count). The number of benzene rings is 1. The molecule has 92 valence electrons. The third kappa shape index (κ3) is 3.38. The zero-order chi connectivity index (χ0) is 12.1. The first-order valence-electron chi connectivity index (χ1n) is 6.30. The maximum absolute atomic E-state index is 10.7. The number of hydrogen-bond acceptors (Lipinski definition) is 3. The Kier molecular flexibility index (Phi) is 4.29. The molecule has 1 aromatic carbocycles. The molecule has 17 heavy (non-hydrogen) atoms. The highest BCUT2D eigenvalue weighted by Crippen LogP contribution is 2.09. The van der Waals surface area contributed by atoms with E-state index in [9.17, 15) is 4.79 Å². The molecule has 0 aliphatic carbocycles. The highest BCUT2D eigenvalue weighted by Gasteiger charge is 2.15. The molecule has 1 fully saturated rings. The van der Waals surface area contributed by atoms with Gasteiger partial charge in [0.15, 0.2) is 0 Å². The van der Waals surface area contributed by atoms with Gasteiger partial charge in [-0.1, -0.05) is 25.1 Å². The van der Waals surface area contributed by atoms with Gasteiger partial charge in [-0.15, -0.1) is 0 Å². The molecule has 1 heterocycles. The number of rotatable bonds is 4. The minimum Gasteiger partial charge on any atom is -0.301 e. The highest BCUT2D eigenvalue weighted by molar-refractivity contribution is 5.74. The average Bonchev–Trinajstić information content (AvgIpc) is 2.40. The average molecular weight is 232 g/mol. The molecule has 1 aliphatic rings. The van der Waals surface area contributed by atoms with Gasteiger partial charge < -0.3 is 4.90 Å². The summed E-state index contributed by atoms with van der Waals surface area (Å²) in [5, 5.41) is 0. The topological polar surface area (TPSA) is 23.6 Å². The second-order valence-electron chi connectivity index (χ2n) is 4.57. The lowest BCUT2D eigenvalue weighted by molar-refractivity contribution is 0.112. The predicted molar refractivity (Wildman–Crippen MR) is 69.2 cm³/mol. The Morgan fingerprint density at radius 2 is 1.88 bits per heavy atom. The molecule has 3 nitrogen and oxygen atoms in total. The Balaban J connectivity index is 1.90. The predicted octanol–water partition coefficient (Wildman–Crippen LogP) is 1.64. The summed E-state index contributed by atoms with van der Waals surface area (Å²) in [6.07, 6.45) is 0.915. The summed E-state index contributed by atoms with van der Waals surface area (Å²) in [6, 6.07) is 7.89. The monoisotopic (exact) mass is 232 g/mol. The van der Waals surface area contributed by atoms with Gasteiger partial charge >= 0.3 is 0 Å². The molecule has 1 saturated heterocycles. The molecule has 0 atom stereocenters. The first-order valence-corrected chi connectivity index (χ1v) is 6.30. The summed E-state index contributed by atoms with van der Waals surface area (Å²) in [5.41, 5.74) is 2.01. The first kappa shape index (κ1) is 12.3. The van der Waals surface area contributed by atoms with E-state index in [-0.39, 0.29) is 0 Å². The largest absolute Gasteiger partial charge is 0.301 e. The van der Waals surface area contributed by atoms with Crippen LogP contribution < -0.4 is 0 Å². The molecule has 0 aromatic heterocycles. The van der Waals surface area contributed by atoms with Crippen LogP contribution in [0.3, 0.4) is 0 Å². The molecule has 3 heteroatoms. The normalized spacial score (nSPS) is 18.2. The van der Waals surface area contributed by atoms with Crippen molar-refractivity contribution in [3.63, 3.8) is 0 Å². The maximum Gasteiger partial charge on any atom is 0.150 e. The Hall–Kier alpha value is -1.19. The van der Waals surface area contributed by atoms with Crippen LogP contribution in [-0.2, 0) is 6.54 Å². The van der Waals surface area contributed by atoms with Crippen molar-refractivity contribution in [1.29, 1.82) is 0 Å². The fourth-order valence-corrected chi connectivity index (χ4v) is 2.29. The lowest BCUT2D eigenvalue weighted by Crippen LogP contribution is -2.45. The van der Waals surface area contributed by atoms with Gasteiger partial charge in [-0.2, -0.15) is 0 Å². The van der Waals surface area contributed by atoms with Crippen molar-refractivity contribution in [3.8, 4) is 0 Å². The summed E-state index contributed by atoms with van der Waals surface area (Å²) in [7, 11) is 0. The minimum absolute atomic E-state index is 0.773. The Bertz CT molecular complexity index is 370. The van der Waals surface area contributed by atoms with Crippen molar-refractivity contribution in [2.24, 2.45) is 0 Å². The number of likely N-dealkylation sites (N-methyl/N-ethyl adjacent to an activating group) is 1. The molecule has 0 unspecified atom stereocenters. The van der Waals surface area contributed by atoms with Crippen LogP contribution in [0.5, 0.6) is 0 Å². The maximum atomic E-state index is 10.7. The van der Waals surface area contributed by atoms with Crippen LogP contribution in [0.1, 0.15) is 22.8 Å². The molecule has 0 N–H and O–H groups in total. The molecular weight excluding hydrogens is 212 g/mol. The van der Waals surface area contributed by atoms with Crippen LogP contribution in [0, 0.1) is 0 Å². The van der Waals surface area contributed by atoms with Crippen LogP contribution in [0.25, 0.3) is 0 Å². The van der Waals surface area contributed by atoms with Crippen molar-refractivity contribution in [2.75, 3.05) is 32.7 Å². The quantitative estimate of drug-likeness (QED) is 0.737. The van der Waals surface area contributed by atoms with E-state index >= 15 is 0 Å². The summed E-state index contributed by atoms with van der Waals surface area (Å²) in [6.45, 7) is 8.88. The van der Waals surface area contributed by atoms with Gasteiger partial charge in [-0.25, -0.2) is 0 Å². The van der Waals surface area contributed by atoms with Crippen LogP contribution in [0.15, 0.2) is 24.3 Å². The second kappa shape index (κ2) is 5.94. The van der Waals surface area contributed by atoms with Crippen LogP contribution in [-0.4, -0.2) is 48.8 Å². The number of piperazine rings is 1. The number of nitrogens with zero attached hydrogens (tertiary/aromatic N) is 2. The third-order valence-corrected chi connectivity index (χ3v) is 3.41. The first-order chi connectivity index (χ1) is 8.31. The van der Waals surface area contributed by atoms with E-state index in [1.54, 1.807) is 0 Å². The smallest absolute Gasteiger partial charge is 0.150 e. The van der Waals surface area contributed by atoms with Crippen molar-refractivity contribution in [2.45, 2.75) is 13.5 Å². The molecule has 1 aliphatic heterocycles. The van der Waals surface area contributed by atoms with E-state index in [0.717, 1.165) is 51.1 Å². The standard InChI is InChI=1S/C14H20N2O/c1-2-15-6-8-16(9-7-15)11-13-4-3-5-14(10-13)12-17/h3-5,10,12H,2,6-9,11H2,1H3. The number of carbonyl (C=O) groups excluding carboxylic acids is 1. The fraction of sp³-hybridized carbons (Fsp3) is 0.500. The molecule has 0 saturated carbocycles. The van der Waals surface area contributed by atoms with Gasteiger partial charge in [0.25, 0.3) is 0 Å². The number of carbonyl (C=O) groups is 1. The van der Waals surface area contributed by atoms with E-state index in [1.165, 1.54) is 5.56 Å². The third-order valence-electron chi connectivity index (χ3n) is 3.41. The lowest BCUT2D eigenvalue weighted by Gasteiger charge is -2.34. The van der Waals surface area contributed by atoms with Crippen LogP contribution >= 0.6 is 0 Å². The summed E-state index contributed by atoms with van der Waals surface area (Å²) >= 11 is 0. The zero-order valence-corrected chi connectivity index (χ0v) is 10.4. The van der Waals surface area contributed by atoms with Gasteiger partial charge in [0.2, 0.25) is 0 Å². The summed E-state index contributed by atoms with van der Waals surface area (Å²) < 4.78 is 0. The molecule has 0 amide bonds. The van der Waals surface area contributed by atoms with Crippen LogP contribution in [0.2, 0.25) is 0 Å². The SMILES string of the molecule is CCN1CCN(Cc2cccc(C=O)c2)CC1. The van der Waals surface area contributed by atoms with E-state index < -0.39 is 0 Å². The van der Waals surface area contributed by atoms with Gasteiger partial charge in [-0.3, -0.25) is 9.69 Å². The summed E-state index contributed by atoms with van der Waals surface area (Å²) in [4.78, 5) is 15.6. The van der Waals surface area contributed by atoms with Gasteiger partial charge in [0.05, 0.1) is 0 Å². The lowest BCUT2D eigenvalue weighted by atomic mass is 10.1.